The SMILES string of the molecule is COc1ccc(Cl)c(NC(=O)c2cc(F)c(F)c(F)c2)c1. The normalized spacial score (nSPS) is 10.3. The lowest BCUT2D eigenvalue weighted by Gasteiger charge is -2.09. The van der Waals surface area contributed by atoms with E-state index in [2.05, 4.69) is 5.32 Å². The zero-order valence-corrected chi connectivity index (χ0v) is 11.5. The van der Waals surface area contributed by atoms with Gasteiger partial charge in [0.15, 0.2) is 17.5 Å². The number of carbonyl (C=O) groups excluding carboxylic acids is 1. The molecule has 1 amide bonds. The molecule has 0 aliphatic rings. The molecule has 0 aliphatic carbocycles. The van der Waals surface area contributed by atoms with Gasteiger partial charge < -0.3 is 10.1 Å². The van der Waals surface area contributed by atoms with Crippen molar-refractivity contribution < 1.29 is 22.7 Å². The van der Waals surface area contributed by atoms with Gasteiger partial charge in [0.1, 0.15) is 5.75 Å². The molecule has 0 aliphatic heterocycles. The molecule has 0 saturated heterocycles. The predicted octanol–water partition coefficient (Wildman–Crippen LogP) is 4.02. The van der Waals surface area contributed by atoms with Gasteiger partial charge in [-0.05, 0) is 24.3 Å². The number of halogens is 4. The second kappa shape index (κ2) is 6.05. The first-order valence-electron chi connectivity index (χ1n) is 5.72. The molecule has 0 saturated carbocycles. The van der Waals surface area contributed by atoms with E-state index >= 15 is 0 Å². The largest absolute Gasteiger partial charge is 0.497 e. The van der Waals surface area contributed by atoms with Crippen LogP contribution < -0.4 is 10.1 Å². The quantitative estimate of drug-likeness (QED) is 0.869. The first-order chi connectivity index (χ1) is 9.92. The lowest BCUT2D eigenvalue weighted by molar-refractivity contribution is 0.102. The van der Waals surface area contributed by atoms with Gasteiger partial charge >= 0.3 is 0 Å². The fourth-order valence-corrected chi connectivity index (χ4v) is 1.77. The number of rotatable bonds is 3. The summed E-state index contributed by atoms with van der Waals surface area (Å²) >= 11 is 5.89. The summed E-state index contributed by atoms with van der Waals surface area (Å²) in [5.41, 5.74) is -0.170. The Morgan fingerprint density at radius 3 is 2.33 bits per heavy atom. The fourth-order valence-electron chi connectivity index (χ4n) is 1.61. The van der Waals surface area contributed by atoms with E-state index in [1.54, 1.807) is 6.07 Å². The number of amides is 1. The Kier molecular flexibility index (Phi) is 4.37. The van der Waals surface area contributed by atoms with E-state index in [0.29, 0.717) is 17.9 Å². The minimum atomic E-state index is -1.63. The molecular formula is C14H9ClF3NO2. The highest BCUT2D eigenvalue weighted by atomic mass is 35.5. The van der Waals surface area contributed by atoms with Gasteiger partial charge in [0.05, 0.1) is 17.8 Å². The third kappa shape index (κ3) is 3.28. The monoisotopic (exact) mass is 315 g/mol. The second-order valence-corrected chi connectivity index (χ2v) is 4.46. The average molecular weight is 316 g/mol. The summed E-state index contributed by atoms with van der Waals surface area (Å²) in [5.74, 6) is -4.92. The zero-order chi connectivity index (χ0) is 15.6. The van der Waals surface area contributed by atoms with E-state index in [9.17, 15) is 18.0 Å². The number of benzene rings is 2. The standard InChI is InChI=1S/C14H9ClF3NO2/c1-21-8-2-3-9(15)12(6-8)19-14(20)7-4-10(16)13(18)11(17)5-7/h2-6H,1H3,(H,19,20). The van der Waals surface area contributed by atoms with E-state index in [0.717, 1.165) is 0 Å². The van der Waals surface area contributed by atoms with Crippen LogP contribution in [0.3, 0.4) is 0 Å². The van der Waals surface area contributed by atoms with E-state index < -0.39 is 23.4 Å². The maximum absolute atomic E-state index is 13.1. The summed E-state index contributed by atoms with van der Waals surface area (Å²) < 4.78 is 44.0. The van der Waals surface area contributed by atoms with Crippen LogP contribution in [0.1, 0.15) is 10.4 Å². The van der Waals surface area contributed by atoms with E-state index in [1.807, 2.05) is 0 Å². The van der Waals surface area contributed by atoms with Crippen molar-refractivity contribution >= 4 is 23.2 Å². The van der Waals surface area contributed by atoms with Crippen molar-refractivity contribution in [1.29, 1.82) is 0 Å². The van der Waals surface area contributed by atoms with Crippen LogP contribution in [0.5, 0.6) is 5.75 Å². The summed E-state index contributed by atoms with van der Waals surface area (Å²) in [7, 11) is 1.43. The Morgan fingerprint density at radius 2 is 1.76 bits per heavy atom. The minimum Gasteiger partial charge on any atom is -0.497 e. The van der Waals surface area contributed by atoms with Crippen LogP contribution in [0.25, 0.3) is 0 Å². The summed E-state index contributed by atoms with van der Waals surface area (Å²) in [6.07, 6.45) is 0. The van der Waals surface area contributed by atoms with E-state index in [-0.39, 0.29) is 16.3 Å². The lowest BCUT2D eigenvalue weighted by Crippen LogP contribution is -2.13. The third-order valence-electron chi connectivity index (χ3n) is 2.67. The number of nitrogens with one attached hydrogen (secondary N) is 1. The molecule has 110 valence electrons. The molecular weight excluding hydrogens is 307 g/mol. The van der Waals surface area contributed by atoms with Crippen molar-refractivity contribution in [3.8, 4) is 5.75 Å². The molecule has 2 rings (SSSR count). The molecule has 0 bridgehead atoms. The van der Waals surface area contributed by atoms with Gasteiger partial charge in [0, 0.05) is 11.6 Å². The number of carbonyl (C=O) groups is 1. The number of hydrogen-bond donors (Lipinski definition) is 1. The highest BCUT2D eigenvalue weighted by Crippen LogP contribution is 2.27. The first kappa shape index (κ1) is 15.2. The van der Waals surface area contributed by atoms with Gasteiger partial charge in [-0.15, -0.1) is 0 Å². The molecule has 2 aromatic carbocycles. The number of anilines is 1. The van der Waals surface area contributed by atoms with Gasteiger partial charge in [-0.2, -0.15) is 0 Å². The Morgan fingerprint density at radius 1 is 1.14 bits per heavy atom. The molecule has 0 unspecified atom stereocenters. The molecule has 21 heavy (non-hydrogen) atoms. The third-order valence-corrected chi connectivity index (χ3v) is 3.00. The summed E-state index contributed by atoms with van der Waals surface area (Å²) in [4.78, 5) is 11.9. The van der Waals surface area contributed by atoms with Crippen molar-refractivity contribution in [3.63, 3.8) is 0 Å². The Balaban J connectivity index is 2.30. The Labute approximate surface area is 123 Å². The topological polar surface area (TPSA) is 38.3 Å². The maximum Gasteiger partial charge on any atom is 0.255 e. The van der Waals surface area contributed by atoms with E-state index in [1.165, 1.54) is 19.2 Å². The molecule has 0 aromatic heterocycles. The van der Waals surface area contributed by atoms with Crippen molar-refractivity contribution in [2.45, 2.75) is 0 Å². The van der Waals surface area contributed by atoms with E-state index in [4.69, 9.17) is 16.3 Å². The predicted molar refractivity (Wildman–Crippen MR) is 72.3 cm³/mol. The van der Waals surface area contributed by atoms with Gasteiger partial charge in [0.25, 0.3) is 5.91 Å². The van der Waals surface area contributed by atoms with Crippen LogP contribution in [-0.2, 0) is 0 Å². The molecule has 0 radical (unpaired) electrons. The highest BCUT2D eigenvalue weighted by molar-refractivity contribution is 6.34. The molecule has 3 nitrogen and oxygen atoms in total. The molecule has 2 aromatic rings. The van der Waals surface area contributed by atoms with Gasteiger partial charge in [-0.3, -0.25) is 4.79 Å². The first-order valence-corrected chi connectivity index (χ1v) is 6.09. The van der Waals surface area contributed by atoms with Crippen molar-refractivity contribution in [2.24, 2.45) is 0 Å². The summed E-state index contributed by atoms with van der Waals surface area (Å²) in [6, 6.07) is 5.71. The van der Waals surface area contributed by atoms with Crippen LogP contribution in [0, 0.1) is 17.5 Å². The number of ether oxygens (including phenoxy) is 1. The molecule has 0 fully saturated rings. The van der Waals surface area contributed by atoms with Gasteiger partial charge in [-0.1, -0.05) is 11.6 Å². The molecule has 0 atom stereocenters. The van der Waals surface area contributed by atoms with Crippen LogP contribution in [0.15, 0.2) is 30.3 Å². The van der Waals surface area contributed by atoms with Gasteiger partial charge in [-0.25, -0.2) is 13.2 Å². The summed E-state index contributed by atoms with van der Waals surface area (Å²) in [6.45, 7) is 0. The lowest BCUT2D eigenvalue weighted by atomic mass is 10.2. The molecule has 0 spiro atoms. The van der Waals surface area contributed by atoms with Crippen LogP contribution in [0.2, 0.25) is 5.02 Å². The minimum absolute atomic E-state index is 0.200. The second-order valence-electron chi connectivity index (χ2n) is 4.05. The fraction of sp³-hybridized carbons (Fsp3) is 0.0714. The highest BCUT2D eigenvalue weighted by Gasteiger charge is 2.16. The van der Waals surface area contributed by atoms with Crippen molar-refractivity contribution in [3.05, 3.63) is 58.4 Å². The zero-order valence-electron chi connectivity index (χ0n) is 10.7. The van der Waals surface area contributed by atoms with Crippen molar-refractivity contribution in [1.82, 2.24) is 0 Å². The van der Waals surface area contributed by atoms with Gasteiger partial charge in [0.2, 0.25) is 0 Å². The Hall–Kier alpha value is -2.21. The van der Waals surface area contributed by atoms with Crippen LogP contribution in [0.4, 0.5) is 18.9 Å². The number of hydrogen-bond acceptors (Lipinski definition) is 2. The molecule has 0 heterocycles. The molecule has 7 heteroatoms. The van der Waals surface area contributed by atoms with Crippen molar-refractivity contribution in [2.75, 3.05) is 12.4 Å². The average Bonchev–Trinajstić information content (AvgIpc) is 2.46. The maximum atomic E-state index is 13.1. The van der Waals surface area contributed by atoms with Crippen LogP contribution in [-0.4, -0.2) is 13.0 Å². The summed E-state index contributed by atoms with van der Waals surface area (Å²) in [5, 5.41) is 2.58. The number of methoxy groups -OCH3 is 1. The molecule has 1 N–H and O–H groups in total. The smallest absolute Gasteiger partial charge is 0.255 e. The van der Waals surface area contributed by atoms with Crippen LogP contribution >= 0.6 is 11.6 Å². The Bertz CT molecular complexity index is 684.